The second-order valence-electron chi connectivity index (χ2n) is 10.1. The van der Waals surface area contributed by atoms with Gasteiger partial charge >= 0.3 is 0 Å². The molecule has 4 aromatic rings. The fourth-order valence-corrected chi connectivity index (χ4v) is 5.03. The fourth-order valence-electron chi connectivity index (χ4n) is 5.03. The van der Waals surface area contributed by atoms with Crippen molar-refractivity contribution in [1.29, 1.82) is 0 Å². The van der Waals surface area contributed by atoms with Crippen LogP contribution in [0.15, 0.2) is 84.9 Å². The van der Waals surface area contributed by atoms with Crippen LogP contribution in [0.5, 0.6) is 5.75 Å². The highest BCUT2D eigenvalue weighted by Gasteiger charge is 2.42. The topological polar surface area (TPSA) is 91.8 Å². The number of nitrogens with zero attached hydrogens (tertiary/aromatic N) is 2. The van der Waals surface area contributed by atoms with E-state index in [9.17, 15) is 9.59 Å². The Morgan fingerprint density at radius 1 is 1.00 bits per heavy atom. The van der Waals surface area contributed by atoms with Crippen molar-refractivity contribution >= 4 is 23.2 Å². The molecule has 2 fully saturated rings. The number of rotatable bonds is 8. The van der Waals surface area contributed by atoms with Crippen LogP contribution in [-0.2, 0) is 22.6 Å². The molecule has 1 aromatic heterocycles. The highest BCUT2D eigenvalue weighted by atomic mass is 16.5. The average Bonchev–Trinajstić information content (AvgIpc) is 3.54. The van der Waals surface area contributed by atoms with Crippen molar-refractivity contribution in [3.05, 3.63) is 96.1 Å². The lowest BCUT2D eigenvalue weighted by Crippen LogP contribution is -2.21. The molecule has 2 unspecified atom stereocenters. The first-order valence-electron chi connectivity index (χ1n) is 13.4. The van der Waals surface area contributed by atoms with Crippen LogP contribution in [0.3, 0.4) is 0 Å². The number of ether oxygens (including phenoxy) is 1. The van der Waals surface area contributed by atoms with Gasteiger partial charge in [-0.2, -0.15) is 0 Å². The minimum absolute atomic E-state index is 0.0743. The molecule has 2 heterocycles. The Hall–Kier alpha value is -4.23. The fraction of sp³-hybridized carbons (Fsp3) is 0.281. The molecule has 0 radical (unpaired) electrons. The van der Waals surface area contributed by atoms with Gasteiger partial charge in [0.25, 0.3) is 0 Å². The van der Waals surface area contributed by atoms with E-state index in [-0.39, 0.29) is 11.8 Å². The molecule has 0 bridgehead atoms. The number of para-hydroxylation sites is 1. The zero-order chi connectivity index (χ0) is 27.0. The van der Waals surface area contributed by atoms with Crippen LogP contribution in [-0.4, -0.2) is 40.5 Å². The quantitative estimate of drug-likeness (QED) is 0.183. The lowest BCUT2D eigenvalue weighted by molar-refractivity contribution is -0.130. The molecule has 200 valence electrons. The second-order valence-corrected chi connectivity index (χ2v) is 10.1. The van der Waals surface area contributed by atoms with Gasteiger partial charge in [0.1, 0.15) is 12.4 Å². The molecule has 7 heteroatoms. The third-order valence-corrected chi connectivity index (χ3v) is 7.35. The van der Waals surface area contributed by atoms with E-state index in [0.29, 0.717) is 12.5 Å². The van der Waals surface area contributed by atoms with E-state index in [1.54, 1.807) is 10.4 Å². The van der Waals surface area contributed by atoms with Crippen molar-refractivity contribution in [1.82, 2.24) is 15.4 Å². The smallest absolute Gasteiger partial charge is 0.246 e. The molecular weight excluding hydrogens is 490 g/mol. The van der Waals surface area contributed by atoms with Gasteiger partial charge in [-0.05, 0) is 61.4 Å². The summed E-state index contributed by atoms with van der Waals surface area (Å²) in [5.74, 6) is 0.744. The van der Waals surface area contributed by atoms with Gasteiger partial charge in [0.15, 0.2) is 0 Å². The molecule has 1 aliphatic carbocycles. The van der Waals surface area contributed by atoms with E-state index >= 15 is 0 Å². The first kappa shape index (κ1) is 26.4. The Bertz CT molecular complexity index is 1400. The summed E-state index contributed by atoms with van der Waals surface area (Å²) >= 11 is 0. The van der Waals surface area contributed by atoms with E-state index in [0.717, 1.165) is 71.4 Å². The molecular formula is C32H33N3O4. The van der Waals surface area contributed by atoms with Crippen LogP contribution >= 0.6 is 0 Å². The number of amides is 2. The number of pyridine rings is 1. The lowest BCUT2D eigenvalue weighted by Gasteiger charge is -2.12. The van der Waals surface area contributed by atoms with Gasteiger partial charge in [-0.3, -0.25) is 14.8 Å². The first-order valence-corrected chi connectivity index (χ1v) is 13.4. The van der Waals surface area contributed by atoms with Gasteiger partial charge < -0.3 is 9.64 Å². The van der Waals surface area contributed by atoms with Crippen LogP contribution < -0.4 is 10.2 Å². The van der Waals surface area contributed by atoms with Gasteiger partial charge in [-0.15, -0.1) is 0 Å². The van der Waals surface area contributed by atoms with E-state index in [4.69, 9.17) is 14.9 Å². The Morgan fingerprint density at radius 2 is 1.72 bits per heavy atom. The molecule has 0 spiro atoms. The van der Waals surface area contributed by atoms with Gasteiger partial charge in [0, 0.05) is 35.5 Å². The van der Waals surface area contributed by atoms with Crippen molar-refractivity contribution < 1.29 is 19.5 Å². The number of aromatic nitrogens is 1. The maximum Gasteiger partial charge on any atom is 0.246 e. The minimum atomic E-state index is -0.283. The zero-order valence-electron chi connectivity index (χ0n) is 21.8. The number of carbonyl (C=O) groups excluding carboxylic acids is 2. The summed E-state index contributed by atoms with van der Waals surface area (Å²) in [6, 6.07) is 28.4. The summed E-state index contributed by atoms with van der Waals surface area (Å²) in [4.78, 5) is 28.0. The van der Waals surface area contributed by atoms with Gasteiger partial charge in [-0.25, -0.2) is 10.5 Å². The molecule has 1 saturated carbocycles. The molecule has 7 nitrogen and oxygen atoms in total. The zero-order valence-corrected chi connectivity index (χ0v) is 21.8. The minimum Gasteiger partial charge on any atom is -0.489 e. The third-order valence-electron chi connectivity index (χ3n) is 7.35. The number of carbonyl (C=O) groups is 2. The summed E-state index contributed by atoms with van der Waals surface area (Å²) in [5, 5.41) is 9.84. The Morgan fingerprint density at radius 3 is 2.41 bits per heavy atom. The summed E-state index contributed by atoms with van der Waals surface area (Å²) in [6.07, 6.45) is 4.96. The van der Waals surface area contributed by atoms with Crippen molar-refractivity contribution in [2.45, 2.75) is 32.3 Å². The highest BCUT2D eigenvalue weighted by Crippen LogP contribution is 2.41. The molecule has 2 atom stereocenters. The highest BCUT2D eigenvalue weighted by molar-refractivity contribution is 5.85. The number of hydroxylamine groups is 1. The Balaban J connectivity index is 0.000000384. The van der Waals surface area contributed by atoms with Gasteiger partial charge in [-0.1, -0.05) is 60.7 Å². The lowest BCUT2D eigenvalue weighted by atomic mass is 10.0. The number of nitrogens with one attached hydrogen (secondary N) is 1. The predicted octanol–water partition coefficient (Wildman–Crippen LogP) is 5.40. The molecule has 3 aromatic carbocycles. The van der Waals surface area contributed by atoms with Crippen molar-refractivity contribution in [2.75, 3.05) is 13.1 Å². The predicted molar refractivity (Wildman–Crippen MR) is 150 cm³/mol. The van der Waals surface area contributed by atoms with Crippen LogP contribution in [0.25, 0.3) is 22.2 Å². The summed E-state index contributed by atoms with van der Waals surface area (Å²) in [5.41, 5.74) is 6.97. The summed E-state index contributed by atoms with van der Waals surface area (Å²) in [6.45, 7) is 2.40. The normalized spacial score (nSPS) is 17.7. The number of hydrogen-bond acceptors (Lipinski definition) is 5. The van der Waals surface area contributed by atoms with E-state index in [1.165, 1.54) is 12.8 Å². The maximum atomic E-state index is 11.5. The Labute approximate surface area is 228 Å². The number of hydrogen-bond donors (Lipinski definition) is 2. The van der Waals surface area contributed by atoms with Crippen molar-refractivity contribution in [2.24, 2.45) is 11.8 Å². The molecule has 2 aliphatic rings. The number of fused-ring (bicyclic) bond motifs is 1. The standard InChI is InChI=1S/C27H24N2O3.C5H9NO/c30-27(29-31)24-15-20(24)14-18-10-12-22(13-11-18)32-17-21-16-26(19-6-2-1-3-7-19)28-25-9-5-4-8-23(21)25;7-5-6-3-1-2-4-6/h1-13,16,20,24,31H,14-15,17H2,(H,29,30);5H,1-4H2. The van der Waals surface area contributed by atoms with Crippen LogP contribution in [0.4, 0.5) is 0 Å². The van der Waals surface area contributed by atoms with E-state index < -0.39 is 0 Å². The van der Waals surface area contributed by atoms with Crippen LogP contribution in [0, 0.1) is 11.8 Å². The number of likely N-dealkylation sites (tertiary alicyclic amines) is 1. The molecule has 2 N–H and O–H groups in total. The maximum absolute atomic E-state index is 11.5. The summed E-state index contributed by atoms with van der Waals surface area (Å²) < 4.78 is 6.12. The van der Waals surface area contributed by atoms with Gasteiger partial charge in [0.2, 0.25) is 12.3 Å². The monoisotopic (exact) mass is 523 g/mol. The molecule has 39 heavy (non-hydrogen) atoms. The van der Waals surface area contributed by atoms with Crippen molar-refractivity contribution in [3.63, 3.8) is 0 Å². The average molecular weight is 524 g/mol. The molecule has 1 saturated heterocycles. The van der Waals surface area contributed by atoms with Crippen LogP contribution in [0.1, 0.15) is 30.4 Å². The summed E-state index contributed by atoms with van der Waals surface area (Å²) in [7, 11) is 0. The van der Waals surface area contributed by atoms with Gasteiger partial charge in [0.05, 0.1) is 11.2 Å². The van der Waals surface area contributed by atoms with E-state index in [2.05, 4.69) is 24.3 Å². The number of benzene rings is 3. The molecule has 6 rings (SSSR count). The second kappa shape index (κ2) is 12.5. The van der Waals surface area contributed by atoms with Crippen molar-refractivity contribution in [3.8, 4) is 17.0 Å². The van der Waals surface area contributed by atoms with Crippen LogP contribution in [0.2, 0.25) is 0 Å². The first-order chi connectivity index (χ1) is 19.1. The Kier molecular flexibility index (Phi) is 8.48. The third kappa shape index (κ3) is 6.81. The SMILES string of the molecule is O=C(NO)C1CC1Cc1ccc(OCc2cc(-c3ccccc3)nc3ccccc23)cc1.O=CN1CCCC1. The largest absolute Gasteiger partial charge is 0.489 e. The molecule has 2 amide bonds. The van der Waals surface area contributed by atoms with E-state index in [1.807, 2.05) is 60.7 Å². The molecule has 1 aliphatic heterocycles.